The van der Waals surface area contributed by atoms with Gasteiger partial charge in [-0.1, -0.05) is 49.4 Å². The number of para-hydroxylation sites is 3. The van der Waals surface area contributed by atoms with Gasteiger partial charge < -0.3 is 20.1 Å². The largest absolute Gasteiger partial charge is 0.495 e. The van der Waals surface area contributed by atoms with Crippen LogP contribution in [0.1, 0.15) is 35.9 Å². The van der Waals surface area contributed by atoms with E-state index in [0.29, 0.717) is 40.3 Å². The van der Waals surface area contributed by atoms with Gasteiger partial charge in [0.25, 0.3) is 5.91 Å². The molecule has 4 rings (SSSR count). The van der Waals surface area contributed by atoms with Crippen LogP contribution >= 0.6 is 11.8 Å². The SMILES string of the molecule is CCCCOc1ccc(C(=O)NCc2nnc(SCC(=O)Nc3ccccc3F)n2-c2ccccc2OC)cc1. The van der Waals surface area contributed by atoms with Crippen molar-refractivity contribution in [1.29, 1.82) is 0 Å². The highest BCUT2D eigenvalue weighted by Crippen LogP contribution is 2.29. The number of nitrogens with zero attached hydrogens (tertiary/aromatic N) is 3. The molecule has 1 heterocycles. The number of unbranched alkanes of at least 4 members (excludes halogenated alkanes) is 1. The zero-order chi connectivity index (χ0) is 28.3. The average Bonchev–Trinajstić information content (AvgIpc) is 3.39. The van der Waals surface area contributed by atoms with Gasteiger partial charge in [-0.15, -0.1) is 10.2 Å². The molecule has 0 aliphatic carbocycles. The summed E-state index contributed by atoms with van der Waals surface area (Å²) >= 11 is 1.13. The van der Waals surface area contributed by atoms with E-state index in [4.69, 9.17) is 9.47 Å². The number of hydrogen-bond donors (Lipinski definition) is 2. The Morgan fingerprint density at radius 3 is 2.50 bits per heavy atom. The second-order valence-electron chi connectivity index (χ2n) is 8.63. The second kappa shape index (κ2) is 14.1. The number of carbonyl (C=O) groups is 2. The highest BCUT2D eigenvalue weighted by atomic mass is 32.2. The maximum absolute atomic E-state index is 13.9. The monoisotopic (exact) mass is 563 g/mol. The summed E-state index contributed by atoms with van der Waals surface area (Å²) in [6, 6.07) is 20.2. The Balaban J connectivity index is 1.48. The number of halogens is 1. The normalized spacial score (nSPS) is 10.7. The minimum absolute atomic E-state index is 0.0410. The highest BCUT2D eigenvalue weighted by Gasteiger charge is 2.20. The minimum Gasteiger partial charge on any atom is -0.495 e. The predicted octanol–water partition coefficient (Wildman–Crippen LogP) is 5.25. The van der Waals surface area contributed by atoms with Gasteiger partial charge >= 0.3 is 0 Å². The van der Waals surface area contributed by atoms with Gasteiger partial charge in [0.05, 0.1) is 37.4 Å². The standard InChI is InChI=1S/C29H30FN5O4S/c1-3-4-17-39-21-15-13-20(14-16-21)28(37)31-18-26-33-34-29(35(26)24-11-7-8-12-25(24)38-2)40-19-27(36)32-23-10-6-5-9-22(23)30/h5-16H,3-4,17-19H2,1-2H3,(H,31,37)(H,32,36). The first-order chi connectivity index (χ1) is 19.5. The van der Waals surface area contributed by atoms with Gasteiger partial charge in [-0.25, -0.2) is 4.39 Å². The van der Waals surface area contributed by atoms with Crippen molar-refractivity contribution in [1.82, 2.24) is 20.1 Å². The van der Waals surface area contributed by atoms with Crippen LogP contribution in [0.3, 0.4) is 0 Å². The number of nitrogens with one attached hydrogen (secondary N) is 2. The van der Waals surface area contributed by atoms with Crippen molar-refractivity contribution < 1.29 is 23.5 Å². The van der Waals surface area contributed by atoms with Crippen LogP contribution in [-0.4, -0.2) is 46.0 Å². The molecule has 11 heteroatoms. The summed E-state index contributed by atoms with van der Waals surface area (Å²) in [7, 11) is 1.55. The Labute approximate surface area is 236 Å². The maximum atomic E-state index is 13.9. The van der Waals surface area contributed by atoms with Gasteiger partial charge in [0.15, 0.2) is 11.0 Å². The molecule has 0 saturated heterocycles. The zero-order valence-corrected chi connectivity index (χ0v) is 23.0. The Morgan fingerprint density at radius 2 is 1.75 bits per heavy atom. The van der Waals surface area contributed by atoms with E-state index in [0.717, 1.165) is 24.6 Å². The number of benzene rings is 3. The van der Waals surface area contributed by atoms with E-state index in [-0.39, 0.29) is 23.9 Å². The molecule has 0 saturated carbocycles. The van der Waals surface area contributed by atoms with E-state index >= 15 is 0 Å². The van der Waals surface area contributed by atoms with Crippen LogP contribution in [0.4, 0.5) is 10.1 Å². The zero-order valence-electron chi connectivity index (χ0n) is 22.2. The molecular weight excluding hydrogens is 533 g/mol. The summed E-state index contributed by atoms with van der Waals surface area (Å²) in [4.78, 5) is 25.4. The van der Waals surface area contributed by atoms with Crippen LogP contribution in [0, 0.1) is 5.82 Å². The average molecular weight is 564 g/mol. The second-order valence-corrected chi connectivity index (χ2v) is 9.57. The molecular formula is C29H30FN5O4S. The molecule has 0 fully saturated rings. The number of ether oxygens (including phenoxy) is 2. The fourth-order valence-corrected chi connectivity index (χ4v) is 4.51. The Morgan fingerprint density at radius 1 is 1.00 bits per heavy atom. The summed E-state index contributed by atoms with van der Waals surface area (Å²) in [6.07, 6.45) is 2.01. The maximum Gasteiger partial charge on any atom is 0.251 e. The van der Waals surface area contributed by atoms with Gasteiger partial charge in [-0.3, -0.25) is 14.2 Å². The minimum atomic E-state index is -0.519. The van der Waals surface area contributed by atoms with E-state index in [1.54, 1.807) is 54.1 Å². The molecule has 4 aromatic rings. The van der Waals surface area contributed by atoms with E-state index in [1.165, 1.54) is 12.1 Å². The molecule has 2 N–H and O–H groups in total. The van der Waals surface area contributed by atoms with Gasteiger partial charge in [-0.2, -0.15) is 0 Å². The van der Waals surface area contributed by atoms with Crippen LogP contribution < -0.4 is 20.1 Å². The molecule has 208 valence electrons. The lowest BCUT2D eigenvalue weighted by molar-refractivity contribution is -0.113. The molecule has 3 aromatic carbocycles. The molecule has 2 amide bonds. The third-order valence-corrected chi connectivity index (χ3v) is 6.73. The van der Waals surface area contributed by atoms with Crippen molar-refractivity contribution in [3.8, 4) is 17.2 Å². The fourth-order valence-electron chi connectivity index (χ4n) is 3.74. The molecule has 0 aliphatic heterocycles. The summed E-state index contributed by atoms with van der Waals surface area (Å²) in [5.74, 6) is 0.465. The van der Waals surface area contributed by atoms with Crippen molar-refractivity contribution in [3.05, 3.63) is 90.0 Å². The number of amides is 2. The molecule has 0 bridgehead atoms. The van der Waals surface area contributed by atoms with E-state index in [2.05, 4.69) is 27.8 Å². The molecule has 9 nitrogen and oxygen atoms in total. The third kappa shape index (κ3) is 7.38. The predicted molar refractivity (Wildman–Crippen MR) is 152 cm³/mol. The van der Waals surface area contributed by atoms with Gasteiger partial charge in [0, 0.05) is 5.56 Å². The van der Waals surface area contributed by atoms with Crippen molar-refractivity contribution in [3.63, 3.8) is 0 Å². The first-order valence-corrected chi connectivity index (χ1v) is 13.7. The Hall–Kier alpha value is -4.38. The van der Waals surface area contributed by atoms with Crippen LogP contribution in [0.25, 0.3) is 5.69 Å². The number of aromatic nitrogens is 3. The summed E-state index contributed by atoms with van der Waals surface area (Å²) in [6.45, 7) is 2.80. The lowest BCUT2D eigenvalue weighted by Crippen LogP contribution is -2.24. The number of thioether (sulfide) groups is 1. The van der Waals surface area contributed by atoms with Crippen molar-refractivity contribution in [2.75, 3.05) is 24.8 Å². The Bertz CT molecular complexity index is 1440. The van der Waals surface area contributed by atoms with Crippen LogP contribution in [0.15, 0.2) is 78.0 Å². The number of hydrogen-bond acceptors (Lipinski definition) is 7. The number of carbonyl (C=O) groups excluding carboxylic acids is 2. The quantitative estimate of drug-likeness (QED) is 0.169. The molecule has 0 atom stereocenters. The molecule has 40 heavy (non-hydrogen) atoms. The van der Waals surface area contributed by atoms with Crippen molar-refractivity contribution >= 4 is 29.3 Å². The first kappa shape index (κ1) is 28.6. The van der Waals surface area contributed by atoms with Gasteiger partial charge in [-0.05, 0) is 55.0 Å². The molecule has 1 aromatic heterocycles. The smallest absolute Gasteiger partial charge is 0.251 e. The number of methoxy groups -OCH3 is 1. The van der Waals surface area contributed by atoms with Gasteiger partial charge in [0.1, 0.15) is 17.3 Å². The fraction of sp³-hybridized carbons (Fsp3) is 0.241. The van der Waals surface area contributed by atoms with E-state index in [1.807, 2.05) is 18.2 Å². The van der Waals surface area contributed by atoms with Crippen LogP contribution in [0.2, 0.25) is 0 Å². The number of anilines is 1. The van der Waals surface area contributed by atoms with Crippen molar-refractivity contribution in [2.24, 2.45) is 0 Å². The molecule has 0 radical (unpaired) electrons. The highest BCUT2D eigenvalue weighted by molar-refractivity contribution is 7.99. The van der Waals surface area contributed by atoms with Crippen molar-refractivity contribution in [2.45, 2.75) is 31.5 Å². The molecule has 0 spiro atoms. The Kier molecular flexibility index (Phi) is 10.1. The van der Waals surface area contributed by atoms with Crippen LogP contribution in [-0.2, 0) is 11.3 Å². The van der Waals surface area contributed by atoms with E-state index in [9.17, 15) is 14.0 Å². The van der Waals surface area contributed by atoms with Crippen LogP contribution in [0.5, 0.6) is 11.5 Å². The number of rotatable bonds is 13. The first-order valence-electron chi connectivity index (χ1n) is 12.8. The molecule has 0 unspecified atom stereocenters. The lowest BCUT2D eigenvalue weighted by atomic mass is 10.2. The van der Waals surface area contributed by atoms with E-state index < -0.39 is 11.7 Å². The summed E-state index contributed by atoms with van der Waals surface area (Å²) in [5.41, 5.74) is 1.22. The summed E-state index contributed by atoms with van der Waals surface area (Å²) in [5, 5.41) is 14.4. The topological polar surface area (TPSA) is 107 Å². The van der Waals surface area contributed by atoms with Gasteiger partial charge in [0.2, 0.25) is 5.91 Å². The lowest BCUT2D eigenvalue weighted by Gasteiger charge is -2.14. The molecule has 0 aliphatic rings. The summed E-state index contributed by atoms with van der Waals surface area (Å²) < 4.78 is 26.9. The third-order valence-electron chi connectivity index (χ3n) is 5.80.